The molecular weight excluding hydrogens is 456 g/mol. The summed E-state index contributed by atoms with van der Waals surface area (Å²) in [6.07, 6.45) is 0. The van der Waals surface area contributed by atoms with Crippen LogP contribution in [0, 0.1) is 23.7 Å². The van der Waals surface area contributed by atoms with Crippen molar-refractivity contribution >= 4 is 36.8 Å². The highest BCUT2D eigenvalue weighted by molar-refractivity contribution is 7.80. The predicted octanol–water partition coefficient (Wildman–Crippen LogP) is 6.42. The number of rotatable bonds is 2. The van der Waals surface area contributed by atoms with Gasteiger partial charge in [-0.1, -0.05) is 72.5 Å². The van der Waals surface area contributed by atoms with Crippen molar-refractivity contribution in [3.8, 4) is 23.7 Å². The van der Waals surface area contributed by atoms with E-state index in [2.05, 4.69) is 48.9 Å². The van der Waals surface area contributed by atoms with Crippen molar-refractivity contribution in [1.29, 1.82) is 0 Å². The number of hydrogen-bond donors (Lipinski definition) is 2. The number of benzene rings is 4. The van der Waals surface area contributed by atoms with Crippen LogP contribution in [-0.4, -0.2) is 11.6 Å². The molecule has 0 aliphatic carbocycles. The lowest BCUT2D eigenvalue weighted by Crippen LogP contribution is -1.96. The molecule has 0 saturated carbocycles. The molecule has 4 aromatic carbocycles. The Morgan fingerprint density at radius 1 is 0.471 bits per heavy atom. The molecule has 0 radical (unpaired) electrons. The maximum absolute atomic E-state index is 11.8. The molecule has 0 aromatic heterocycles. The van der Waals surface area contributed by atoms with Gasteiger partial charge in [-0.3, -0.25) is 9.59 Å². The van der Waals surface area contributed by atoms with Crippen LogP contribution in [0.1, 0.15) is 31.8 Å². The molecule has 0 saturated heterocycles. The Morgan fingerprint density at radius 2 is 0.794 bits per heavy atom. The van der Waals surface area contributed by atoms with Crippen LogP contribution in [0.2, 0.25) is 0 Å². The van der Waals surface area contributed by atoms with Gasteiger partial charge in [-0.2, -0.15) is 0 Å². The monoisotopic (exact) mass is 476 g/mol. The highest BCUT2D eigenvalue weighted by Gasteiger charge is 2.05. The maximum atomic E-state index is 11.8. The fourth-order valence-corrected chi connectivity index (χ4v) is 3.29. The summed E-state index contributed by atoms with van der Waals surface area (Å²) < 4.78 is 0. The summed E-state index contributed by atoms with van der Waals surface area (Å²) in [6, 6.07) is 33.1. The second-order valence-corrected chi connectivity index (χ2v) is 7.89. The van der Waals surface area contributed by atoms with Gasteiger partial charge in [-0.25, -0.2) is 0 Å². The van der Waals surface area contributed by atoms with Gasteiger partial charge in [0.05, 0.1) is 0 Å². The first-order valence-electron chi connectivity index (χ1n) is 10.3. The van der Waals surface area contributed by atoms with E-state index in [0.717, 1.165) is 11.1 Å². The predicted molar refractivity (Wildman–Crippen MR) is 143 cm³/mol. The van der Waals surface area contributed by atoms with E-state index in [1.54, 1.807) is 36.4 Å². The Hall–Kier alpha value is -3.96. The van der Waals surface area contributed by atoms with E-state index in [4.69, 9.17) is 0 Å². The molecule has 0 fully saturated rings. The molecule has 0 atom stereocenters. The van der Waals surface area contributed by atoms with E-state index in [-0.39, 0.29) is 11.6 Å². The van der Waals surface area contributed by atoms with E-state index in [1.165, 1.54) is 0 Å². The number of thiol groups is 2. The van der Waals surface area contributed by atoms with Gasteiger partial charge >= 0.3 is 0 Å². The van der Waals surface area contributed by atoms with Gasteiger partial charge < -0.3 is 0 Å². The first-order valence-corrected chi connectivity index (χ1v) is 11.2. The normalized spacial score (nSPS) is 9.24. The van der Waals surface area contributed by atoms with E-state index in [1.807, 2.05) is 72.8 Å². The average Bonchev–Trinajstić information content (AvgIpc) is 2.88. The third kappa shape index (κ3) is 7.57. The molecule has 2 nitrogen and oxygen atoms in total. The van der Waals surface area contributed by atoms with Gasteiger partial charge in [0.2, 0.25) is 11.6 Å². The topological polar surface area (TPSA) is 34.1 Å². The highest BCUT2D eigenvalue weighted by Crippen LogP contribution is 2.14. The highest BCUT2D eigenvalue weighted by atomic mass is 32.1. The molecule has 0 spiro atoms. The lowest BCUT2D eigenvalue weighted by atomic mass is 10.1. The molecule has 0 aliphatic rings. The van der Waals surface area contributed by atoms with Gasteiger partial charge in [-0.15, -0.1) is 25.3 Å². The molecule has 4 heteroatoms. The minimum atomic E-state index is -0.209. The number of hydrogen-bond acceptors (Lipinski definition) is 4. The molecule has 4 rings (SSSR count). The van der Waals surface area contributed by atoms with Gasteiger partial charge in [-0.05, 0) is 60.4 Å². The summed E-state index contributed by atoms with van der Waals surface area (Å²) >= 11 is 8.46. The second-order valence-electron chi connectivity index (χ2n) is 6.92. The summed E-state index contributed by atoms with van der Waals surface area (Å²) in [4.78, 5) is 24.9. The van der Waals surface area contributed by atoms with Crippen LogP contribution in [0.15, 0.2) is 119 Å². The molecule has 0 unspecified atom stereocenters. The van der Waals surface area contributed by atoms with Crippen LogP contribution in [-0.2, 0) is 0 Å². The summed E-state index contributed by atoms with van der Waals surface area (Å²) in [5, 5.41) is 0. The molecule has 0 bridgehead atoms. The Morgan fingerprint density at radius 3 is 1.15 bits per heavy atom. The third-order valence-electron chi connectivity index (χ3n) is 4.49. The number of ketones is 2. The van der Waals surface area contributed by atoms with Gasteiger partial charge in [0.1, 0.15) is 0 Å². The van der Waals surface area contributed by atoms with E-state index < -0.39 is 0 Å². The van der Waals surface area contributed by atoms with Crippen molar-refractivity contribution in [3.05, 3.63) is 131 Å². The minimum absolute atomic E-state index is 0.209. The van der Waals surface area contributed by atoms with Crippen molar-refractivity contribution in [3.63, 3.8) is 0 Å². The van der Waals surface area contributed by atoms with E-state index >= 15 is 0 Å². The first-order chi connectivity index (χ1) is 16.5. The third-order valence-corrected chi connectivity index (χ3v) is 5.27. The van der Waals surface area contributed by atoms with Gasteiger partial charge in [0.25, 0.3) is 0 Å². The molecular formula is C30H20O2S2. The van der Waals surface area contributed by atoms with E-state index in [0.29, 0.717) is 20.9 Å². The first kappa shape index (κ1) is 24.7. The minimum Gasteiger partial charge on any atom is -0.279 e. The molecule has 0 heterocycles. The number of Topliss-reactive ketones (excluding diaryl/α,β-unsaturated/α-hetero) is 2. The van der Waals surface area contributed by atoms with Gasteiger partial charge in [0.15, 0.2) is 0 Å². The quantitative estimate of drug-likeness (QED) is 0.199. The fourth-order valence-electron chi connectivity index (χ4n) is 2.77. The smallest absolute Gasteiger partial charge is 0.237 e. The molecule has 0 amide bonds. The molecule has 34 heavy (non-hydrogen) atoms. The standard InChI is InChI=1S/2C15H10OS/c2*16-14(13-8-4-5-9-15(13)17)11-10-12-6-2-1-3-7-12/h2*1-9,17H. The van der Waals surface area contributed by atoms with Crippen LogP contribution in [0.5, 0.6) is 0 Å². The zero-order chi connectivity index (χ0) is 24.2. The summed E-state index contributed by atoms with van der Waals surface area (Å²) in [6.45, 7) is 0. The summed E-state index contributed by atoms with van der Waals surface area (Å²) in [5.41, 5.74) is 2.74. The Balaban J connectivity index is 0.000000191. The van der Waals surface area contributed by atoms with Crippen molar-refractivity contribution in [2.45, 2.75) is 9.79 Å². The Labute approximate surface area is 210 Å². The average molecular weight is 477 g/mol. The molecule has 0 aliphatic heterocycles. The largest absolute Gasteiger partial charge is 0.279 e. The Kier molecular flexibility index (Phi) is 9.38. The second kappa shape index (κ2) is 12.9. The van der Waals surface area contributed by atoms with Crippen LogP contribution in [0.3, 0.4) is 0 Å². The Bertz CT molecular complexity index is 1290. The van der Waals surface area contributed by atoms with E-state index in [9.17, 15) is 9.59 Å². The maximum Gasteiger partial charge on any atom is 0.237 e. The van der Waals surface area contributed by atoms with Crippen LogP contribution in [0.25, 0.3) is 0 Å². The zero-order valence-corrected chi connectivity index (χ0v) is 19.9. The van der Waals surface area contributed by atoms with Crippen LogP contribution < -0.4 is 0 Å². The van der Waals surface area contributed by atoms with Crippen molar-refractivity contribution in [1.82, 2.24) is 0 Å². The van der Waals surface area contributed by atoms with Crippen LogP contribution >= 0.6 is 25.3 Å². The summed E-state index contributed by atoms with van der Waals surface area (Å²) in [5.74, 6) is 10.5. The SMILES string of the molecule is O=C(C#Cc1ccccc1)c1ccccc1S.O=C(C#Cc1ccccc1)c1ccccc1S. The van der Waals surface area contributed by atoms with Gasteiger partial charge in [0, 0.05) is 32.0 Å². The summed E-state index contributed by atoms with van der Waals surface area (Å²) in [7, 11) is 0. The fraction of sp³-hybridized carbons (Fsp3) is 0. The van der Waals surface area contributed by atoms with Crippen molar-refractivity contribution < 1.29 is 9.59 Å². The lowest BCUT2D eigenvalue weighted by molar-refractivity contribution is 0.104. The van der Waals surface area contributed by atoms with Crippen LogP contribution in [0.4, 0.5) is 0 Å². The number of carbonyl (C=O) groups is 2. The number of carbonyl (C=O) groups excluding carboxylic acids is 2. The van der Waals surface area contributed by atoms with Crippen molar-refractivity contribution in [2.75, 3.05) is 0 Å². The molecule has 4 aromatic rings. The lowest BCUT2D eigenvalue weighted by Gasteiger charge is -1.97. The molecule has 0 N–H and O–H groups in total. The molecule has 164 valence electrons. The zero-order valence-electron chi connectivity index (χ0n) is 18.1. The van der Waals surface area contributed by atoms with Crippen molar-refractivity contribution in [2.24, 2.45) is 0 Å².